The summed E-state index contributed by atoms with van der Waals surface area (Å²) in [4.78, 5) is 16.4. The molecule has 4 nitrogen and oxygen atoms in total. The van der Waals surface area contributed by atoms with Crippen LogP contribution in [0.15, 0.2) is 18.2 Å². The van der Waals surface area contributed by atoms with Crippen molar-refractivity contribution in [2.24, 2.45) is 11.8 Å². The quantitative estimate of drug-likeness (QED) is 0.898. The molecule has 0 radical (unpaired) electrons. The molecular formula is C21H26N2O2. The van der Waals surface area contributed by atoms with Gasteiger partial charge < -0.3 is 15.0 Å². The largest absolute Gasteiger partial charge is 0.377 e. The van der Waals surface area contributed by atoms with Gasteiger partial charge in [-0.2, -0.15) is 0 Å². The Hall–Kier alpha value is -1.81. The fourth-order valence-corrected chi connectivity index (χ4v) is 5.31. The second-order valence-electron chi connectivity index (χ2n) is 7.91. The molecule has 4 heteroatoms. The number of rotatable bonds is 3. The normalized spacial score (nSPS) is 30.6. The second kappa shape index (κ2) is 5.87. The maximum Gasteiger partial charge on any atom is 0.251 e. The molecule has 0 bridgehead atoms. The minimum absolute atomic E-state index is 0.0708. The van der Waals surface area contributed by atoms with E-state index in [1.165, 1.54) is 35.0 Å². The van der Waals surface area contributed by atoms with E-state index in [-0.39, 0.29) is 11.9 Å². The molecule has 1 aromatic heterocycles. The predicted octanol–water partition coefficient (Wildman–Crippen LogP) is 3.59. The highest BCUT2D eigenvalue weighted by Crippen LogP contribution is 2.45. The second-order valence-corrected chi connectivity index (χ2v) is 7.91. The number of aromatic amines is 1. The van der Waals surface area contributed by atoms with Crippen molar-refractivity contribution in [1.82, 2.24) is 10.3 Å². The molecule has 0 spiro atoms. The van der Waals surface area contributed by atoms with Gasteiger partial charge >= 0.3 is 0 Å². The lowest BCUT2D eigenvalue weighted by atomic mass is 9.65. The Labute approximate surface area is 148 Å². The number of carbonyl (C=O) groups excluding carboxylic acids is 1. The maximum atomic E-state index is 12.9. The minimum atomic E-state index is 0.0708. The van der Waals surface area contributed by atoms with Crippen LogP contribution in [0.3, 0.4) is 0 Å². The smallest absolute Gasteiger partial charge is 0.251 e. The predicted molar refractivity (Wildman–Crippen MR) is 97.8 cm³/mol. The zero-order valence-corrected chi connectivity index (χ0v) is 14.8. The van der Waals surface area contributed by atoms with Crippen LogP contribution < -0.4 is 5.32 Å². The van der Waals surface area contributed by atoms with Crippen molar-refractivity contribution < 1.29 is 9.53 Å². The van der Waals surface area contributed by atoms with Crippen molar-refractivity contribution in [3.63, 3.8) is 0 Å². The van der Waals surface area contributed by atoms with Gasteiger partial charge in [0.15, 0.2) is 0 Å². The Morgan fingerprint density at radius 3 is 3.08 bits per heavy atom. The van der Waals surface area contributed by atoms with Crippen molar-refractivity contribution in [3.8, 4) is 0 Å². The third-order valence-electron chi connectivity index (χ3n) is 6.66. The summed E-state index contributed by atoms with van der Waals surface area (Å²) in [5.41, 5.74) is 4.75. The molecule has 0 unspecified atom stereocenters. The summed E-state index contributed by atoms with van der Waals surface area (Å²) in [6, 6.07) is 6.40. The van der Waals surface area contributed by atoms with E-state index in [2.05, 4.69) is 29.4 Å². The molecule has 1 aliphatic heterocycles. The van der Waals surface area contributed by atoms with Gasteiger partial charge in [-0.3, -0.25) is 4.79 Å². The molecule has 25 heavy (non-hydrogen) atoms. The number of hydrogen-bond donors (Lipinski definition) is 2. The topological polar surface area (TPSA) is 54.1 Å². The number of carbonyl (C=O) groups is 1. The van der Waals surface area contributed by atoms with Crippen LogP contribution in [0.4, 0.5) is 0 Å². The molecule has 2 fully saturated rings. The number of benzene rings is 1. The highest BCUT2D eigenvalue weighted by molar-refractivity contribution is 5.99. The lowest BCUT2D eigenvalue weighted by molar-refractivity contribution is -0.0545. The molecule has 2 aromatic rings. The van der Waals surface area contributed by atoms with E-state index in [0.29, 0.717) is 17.9 Å². The first-order chi connectivity index (χ1) is 12.3. The van der Waals surface area contributed by atoms with Crippen LogP contribution in [0.2, 0.25) is 0 Å². The molecule has 3 aliphatic rings. The number of aryl methyl sites for hydroxylation is 2. The Kier molecular flexibility index (Phi) is 3.63. The summed E-state index contributed by atoms with van der Waals surface area (Å²) < 4.78 is 5.83. The average molecular weight is 338 g/mol. The first kappa shape index (κ1) is 15.4. The van der Waals surface area contributed by atoms with Crippen LogP contribution in [-0.4, -0.2) is 29.6 Å². The fourth-order valence-electron chi connectivity index (χ4n) is 5.31. The SMILES string of the molecule is CC[C@@H]1[C@@H](NC(=O)c2ccc3[nH]c4c(c3c2)CCCC4)[C@@H]2CCO[C@H]12. The number of hydrogen-bond acceptors (Lipinski definition) is 2. The molecule has 4 atom stereocenters. The molecule has 5 rings (SSSR count). The molecule has 1 saturated carbocycles. The lowest BCUT2D eigenvalue weighted by Gasteiger charge is -2.47. The van der Waals surface area contributed by atoms with E-state index in [4.69, 9.17) is 4.74 Å². The Balaban J connectivity index is 1.40. The first-order valence-electron chi connectivity index (χ1n) is 9.82. The van der Waals surface area contributed by atoms with Crippen LogP contribution in [-0.2, 0) is 17.6 Å². The average Bonchev–Trinajstić information content (AvgIpc) is 3.21. The van der Waals surface area contributed by atoms with E-state index < -0.39 is 0 Å². The van der Waals surface area contributed by atoms with E-state index in [1.807, 2.05) is 6.07 Å². The summed E-state index contributed by atoms with van der Waals surface area (Å²) in [6.45, 7) is 3.04. The Morgan fingerprint density at radius 1 is 1.32 bits per heavy atom. The first-order valence-corrected chi connectivity index (χ1v) is 9.82. The number of ether oxygens (including phenoxy) is 1. The molecule has 132 valence electrons. The maximum absolute atomic E-state index is 12.9. The Morgan fingerprint density at radius 2 is 2.20 bits per heavy atom. The third kappa shape index (κ3) is 2.34. The summed E-state index contributed by atoms with van der Waals surface area (Å²) in [6.07, 6.45) is 7.29. The highest BCUT2D eigenvalue weighted by atomic mass is 16.5. The van der Waals surface area contributed by atoms with Crippen LogP contribution in [0.25, 0.3) is 10.9 Å². The standard InChI is InChI=1S/C21H26N2O2/c1-2-13-19(15-9-10-25-20(13)15)23-21(24)12-7-8-18-16(11-12)14-5-3-4-6-17(14)22-18/h7-8,11,13,15,19-20,22H,2-6,9-10H2,1H3,(H,23,24)/t13-,15+,19-,20-/m1/s1. The van der Waals surface area contributed by atoms with E-state index >= 15 is 0 Å². The van der Waals surface area contributed by atoms with Gasteiger partial charge in [-0.1, -0.05) is 6.92 Å². The summed E-state index contributed by atoms with van der Waals surface area (Å²) >= 11 is 0. The van der Waals surface area contributed by atoms with E-state index in [0.717, 1.165) is 37.9 Å². The van der Waals surface area contributed by atoms with E-state index in [9.17, 15) is 4.79 Å². The van der Waals surface area contributed by atoms with Crippen molar-refractivity contribution in [1.29, 1.82) is 0 Å². The van der Waals surface area contributed by atoms with Gasteiger partial charge in [0, 0.05) is 46.6 Å². The van der Waals surface area contributed by atoms with Crippen LogP contribution >= 0.6 is 0 Å². The number of fused-ring (bicyclic) bond motifs is 4. The van der Waals surface area contributed by atoms with E-state index in [1.54, 1.807) is 0 Å². The minimum Gasteiger partial charge on any atom is -0.377 e. The van der Waals surface area contributed by atoms with Crippen molar-refractivity contribution in [2.75, 3.05) is 6.61 Å². The summed E-state index contributed by atoms with van der Waals surface area (Å²) in [5.74, 6) is 1.05. The lowest BCUT2D eigenvalue weighted by Crippen LogP contribution is -2.61. The molecule has 1 saturated heterocycles. The van der Waals surface area contributed by atoms with Crippen molar-refractivity contribution in [2.45, 2.75) is 57.6 Å². The number of H-pyrrole nitrogens is 1. The molecule has 1 aromatic carbocycles. The molecule has 2 N–H and O–H groups in total. The van der Waals surface area contributed by atoms with Crippen molar-refractivity contribution in [3.05, 3.63) is 35.0 Å². The fraction of sp³-hybridized carbons (Fsp3) is 0.571. The monoisotopic (exact) mass is 338 g/mol. The van der Waals surface area contributed by atoms with Crippen LogP contribution in [0.5, 0.6) is 0 Å². The molecular weight excluding hydrogens is 312 g/mol. The van der Waals surface area contributed by atoms with Gasteiger partial charge in [-0.05, 0) is 62.3 Å². The molecule has 2 aliphatic carbocycles. The van der Waals surface area contributed by atoms with Gasteiger partial charge in [0.1, 0.15) is 0 Å². The van der Waals surface area contributed by atoms with Crippen LogP contribution in [0, 0.1) is 11.8 Å². The van der Waals surface area contributed by atoms with Gasteiger partial charge in [0.05, 0.1) is 6.10 Å². The number of aromatic nitrogens is 1. The number of nitrogens with one attached hydrogen (secondary N) is 2. The zero-order valence-electron chi connectivity index (χ0n) is 14.8. The molecule has 1 amide bonds. The third-order valence-corrected chi connectivity index (χ3v) is 6.66. The highest BCUT2D eigenvalue weighted by Gasteiger charge is 2.53. The van der Waals surface area contributed by atoms with Gasteiger partial charge in [-0.15, -0.1) is 0 Å². The van der Waals surface area contributed by atoms with Gasteiger partial charge in [-0.25, -0.2) is 0 Å². The van der Waals surface area contributed by atoms with Crippen molar-refractivity contribution >= 4 is 16.8 Å². The van der Waals surface area contributed by atoms with Gasteiger partial charge in [0.25, 0.3) is 5.91 Å². The summed E-state index contributed by atoms with van der Waals surface area (Å²) in [5, 5.41) is 4.55. The van der Waals surface area contributed by atoms with Crippen LogP contribution in [0.1, 0.15) is 54.2 Å². The molecule has 2 heterocycles. The number of amides is 1. The summed E-state index contributed by atoms with van der Waals surface area (Å²) in [7, 11) is 0. The zero-order chi connectivity index (χ0) is 17.0. The van der Waals surface area contributed by atoms with Gasteiger partial charge in [0.2, 0.25) is 0 Å². The Bertz CT molecular complexity index is 825.